The zero-order chi connectivity index (χ0) is 18.8. The molecule has 4 aromatic heterocycles. The predicted octanol–water partition coefficient (Wildman–Crippen LogP) is 3.62. The van der Waals surface area contributed by atoms with Crippen molar-refractivity contribution >= 4 is 11.3 Å². The number of rotatable bonds is 4. The Morgan fingerprint density at radius 1 is 1.00 bits per heavy atom. The molecule has 0 amide bonds. The van der Waals surface area contributed by atoms with E-state index < -0.39 is 0 Å². The zero-order valence-electron chi connectivity index (χ0n) is 15.2. The number of hydrogen-bond donors (Lipinski definition) is 0. The smallest absolute Gasteiger partial charge is 0.162 e. The molecule has 0 spiro atoms. The molecule has 4 aromatic rings. The van der Waals surface area contributed by atoms with Crippen molar-refractivity contribution in [1.82, 2.24) is 29.8 Å². The van der Waals surface area contributed by atoms with Gasteiger partial charge < -0.3 is 0 Å². The van der Waals surface area contributed by atoms with Crippen molar-refractivity contribution in [3.63, 3.8) is 0 Å². The lowest BCUT2D eigenvalue weighted by molar-refractivity contribution is 0.240. The molecule has 28 heavy (non-hydrogen) atoms. The van der Waals surface area contributed by atoms with E-state index in [2.05, 4.69) is 54.9 Å². The monoisotopic (exact) mass is 386 g/mol. The third kappa shape index (κ3) is 3.54. The lowest BCUT2D eigenvalue weighted by Gasteiger charge is -2.27. The largest absolute Gasteiger partial charge is 0.293 e. The summed E-state index contributed by atoms with van der Waals surface area (Å²) in [6, 6.07) is 8.37. The van der Waals surface area contributed by atoms with Gasteiger partial charge in [0.1, 0.15) is 6.33 Å². The molecule has 1 aliphatic rings. The first-order valence-electron chi connectivity index (χ1n) is 9.16. The van der Waals surface area contributed by atoms with Gasteiger partial charge in [0, 0.05) is 61.2 Å². The molecule has 0 atom stereocenters. The van der Waals surface area contributed by atoms with Crippen molar-refractivity contribution in [1.29, 1.82) is 0 Å². The summed E-state index contributed by atoms with van der Waals surface area (Å²) in [4.78, 5) is 24.6. The molecule has 0 radical (unpaired) electrons. The molecular weight excluding hydrogens is 368 g/mol. The highest BCUT2D eigenvalue weighted by Crippen LogP contribution is 2.23. The maximum absolute atomic E-state index is 4.84. The third-order valence-electron chi connectivity index (χ3n) is 4.84. The second kappa shape index (κ2) is 7.53. The highest BCUT2D eigenvalue weighted by molar-refractivity contribution is 7.08. The molecule has 0 fully saturated rings. The van der Waals surface area contributed by atoms with E-state index in [9.17, 15) is 0 Å². The fourth-order valence-corrected chi connectivity index (χ4v) is 4.08. The van der Waals surface area contributed by atoms with Gasteiger partial charge in [-0.05, 0) is 23.6 Å². The van der Waals surface area contributed by atoms with Crippen molar-refractivity contribution < 1.29 is 0 Å². The minimum absolute atomic E-state index is 0.693. The average molecular weight is 386 g/mol. The quantitative estimate of drug-likeness (QED) is 0.534. The van der Waals surface area contributed by atoms with E-state index in [0.717, 1.165) is 48.7 Å². The van der Waals surface area contributed by atoms with E-state index in [1.807, 2.05) is 6.20 Å². The van der Waals surface area contributed by atoms with Crippen molar-refractivity contribution in [3.05, 3.63) is 76.9 Å². The van der Waals surface area contributed by atoms with E-state index in [1.54, 1.807) is 23.7 Å². The lowest BCUT2D eigenvalue weighted by Crippen LogP contribution is -2.31. The first kappa shape index (κ1) is 17.1. The molecule has 5 heterocycles. The van der Waals surface area contributed by atoms with Crippen LogP contribution < -0.4 is 0 Å². The number of thiophene rings is 1. The first-order chi connectivity index (χ1) is 13.8. The topological polar surface area (TPSA) is 67.7 Å². The van der Waals surface area contributed by atoms with Gasteiger partial charge in [0.25, 0.3) is 0 Å². The van der Waals surface area contributed by atoms with Gasteiger partial charge >= 0.3 is 0 Å². The maximum Gasteiger partial charge on any atom is 0.162 e. The fourth-order valence-electron chi connectivity index (χ4n) is 3.43. The Balaban J connectivity index is 1.32. The zero-order valence-corrected chi connectivity index (χ0v) is 16.0. The summed E-state index contributed by atoms with van der Waals surface area (Å²) in [6.45, 7) is 2.62. The van der Waals surface area contributed by atoms with Crippen LogP contribution in [0.15, 0.2) is 59.9 Å². The van der Waals surface area contributed by atoms with Crippen LogP contribution in [0.2, 0.25) is 0 Å². The highest BCUT2D eigenvalue weighted by atomic mass is 32.1. The molecule has 0 saturated heterocycles. The minimum atomic E-state index is 0.693. The molecule has 0 N–H and O–H groups in total. The van der Waals surface area contributed by atoms with Gasteiger partial charge in [-0.3, -0.25) is 9.88 Å². The van der Waals surface area contributed by atoms with Gasteiger partial charge in [0.2, 0.25) is 0 Å². The van der Waals surface area contributed by atoms with Gasteiger partial charge in [0.05, 0.1) is 22.6 Å². The van der Waals surface area contributed by atoms with Crippen molar-refractivity contribution in [2.45, 2.75) is 19.5 Å². The van der Waals surface area contributed by atoms with Gasteiger partial charge in [-0.25, -0.2) is 19.9 Å². The van der Waals surface area contributed by atoms with E-state index in [0.29, 0.717) is 5.82 Å². The van der Waals surface area contributed by atoms with Gasteiger partial charge in [-0.15, -0.1) is 0 Å². The maximum atomic E-state index is 4.84. The summed E-state index contributed by atoms with van der Waals surface area (Å²) in [7, 11) is 0. The highest BCUT2D eigenvalue weighted by Gasteiger charge is 2.19. The second-order valence-corrected chi connectivity index (χ2v) is 7.56. The van der Waals surface area contributed by atoms with E-state index in [1.165, 1.54) is 17.5 Å². The Labute approximate surface area is 167 Å². The Hall–Kier alpha value is -3.03. The predicted molar refractivity (Wildman–Crippen MR) is 108 cm³/mol. The molecule has 0 aromatic carbocycles. The molecule has 0 unspecified atom stereocenters. The van der Waals surface area contributed by atoms with Crippen LogP contribution in [0.25, 0.3) is 22.6 Å². The van der Waals surface area contributed by atoms with Gasteiger partial charge in [0.15, 0.2) is 5.82 Å². The summed E-state index contributed by atoms with van der Waals surface area (Å²) in [5.74, 6) is 0.693. The molecule has 5 rings (SSSR count). The van der Waals surface area contributed by atoms with Crippen LogP contribution in [0, 0.1) is 0 Å². The van der Waals surface area contributed by atoms with Crippen LogP contribution in [0.4, 0.5) is 0 Å². The van der Waals surface area contributed by atoms with Crippen LogP contribution in [-0.4, -0.2) is 36.4 Å². The lowest BCUT2D eigenvalue weighted by atomic mass is 10.1. The Kier molecular flexibility index (Phi) is 4.60. The molecule has 7 heteroatoms. The van der Waals surface area contributed by atoms with Crippen molar-refractivity contribution in [3.8, 4) is 22.6 Å². The van der Waals surface area contributed by atoms with Crippen LogP contribution in [0.5, 0.6) is 0 Å². The standard InChI is InChI=1S/C21H18N6S/c1-2-18(25-19(3-1)15-5-7-28-13-15)12-27-6-4-20-17(11-27)10-24-21(26-20)16-8-22-14-23-9-16/h1-3,5,7-10,13-14H,4,6,11-12H2. The fraction of sp³-hybridized carbons (Fsp3) is 0.190. The Morgan fingerprint density at radius 2 is 1.93 bits per heavy atom. The van der Waals surface area contributed by atoms with Crippen LogP contribution in [-0.2, 0) is 19.5 Å². The van der Waals surface area contributed by atoms with E-state index in [-0.39, 0.29) is 0 Å². The van der Waals surface area contributed by atoms with Crippen molar-refractivity contribution in [2.24, 2.45) is 0 Å². The first-order valence-corrected chi connectivity index (χ1v) is 10.1. The SMILES string of the molecule is c1cc(CN2CCc3nc(-c4cncnc4)ncc3C2)nc(-c2ccsc2)c1. The summed E-state index contributed by atoms with van der Waals surface area (Å²) < 4.78 is 0. The number of aromatic nitrogens is 5. The number of nitrogens with zero attached hydrogens (tertiary/aromatic N) is 6. The van der Waals surface area contributed by atoms with Crippen LogP contribution in [0.1, 0.15) is 17.0 Å². The minimum Gasteiger partial charge on any atom is -0.293 e. The number of hydrogen-bond acceptors (Lipinski definition) is 7. The molecule has 0 bridgehead atoms. The molecule has 1 aliphatic heterocycles. The normalized spacial score (nSPS) is 14.0. The Morgan fingerprint density at radius 3 is 2.79 bits per heavy atom. The number of fused-ring (bicyclic) bond motifs is 1. The molecule has 6 nitrogen and oxygen atoms in total. The summed E-state index contributed by atoms with van der Waals surface area (Å²) in [5.41, 5.74) is 6.45. The molecular formula is C21H18N6S. The third-order valence-corrected chi connectivity index (χ3v) is 5.52. The van der Waals surface area contributed by atoms with Crippen LogP contribution >= 0.6 is 11.3 Å². The van der Waals surface area contributed by atoms with E-state index >= 15 is 0 Å². The second-order valence-electron chi connectivity index (χ2n) is 6.78. The number of pyridine rings is 1. The van der Waals surface area contributed by atoms with E-state index in [4.69, 9.17) is 9.97 Å². The summed E-state index contributed by atoms with van der Waals surface area (Å²) in [5, 5.41) is 4.22. The molecule has 0 aliphatic carbocycles. The molecule has 138 valence electrons. The van der Waals surface area contributed by atoms with Crippen molar-refractivity contribution in [2.75, 3.05) is 6.54 Å². The average Bonchev–Trinajstić information content (AvgIpc) is 3.29. The molecule has 0 saturated carbocycles. The van der Waals surface area contributed by atoms with Crippen LogP contribution in [0.3, 0.4) is 0 Å². The summed E-state index contributed by atoms with van der Waals surface area (Å²) >= 11 is 1.70. The Bertz CT molecular complexity index is 1080. The summed E-state index contributed by atoms with van der Waals surface area (Å²) in [6.07, 6.45) is 7.85. The van der Waals surface area contributed by atoms with Gasteiger partial charge in [-0.1, -0.05) is 6.07 Å². The van der Waals surface area contributed by atoms with Gasteiger partial charge in [-0.2, -0.15) is 11.3 Å².